The average Bonchev–Trinajstić information content (AvgIpc) is 2.71. The summed E-state index contributed by atoms with van der Waals surface area (Å²) in [6, 6.07) is 18.1. The number of hydrogen-bond donors (Lipinski definition) is 2. The van der Waals surface area contributed by atoms with Gasteiger partial charge in [-0.2, -0.15) is 5.10 Å². The number of benzene rings is 3. The van der Waals surface area contributed by atoms with Crippen LogP contribution in [0.25, 0.3) is 0 Å². The summed E-state index contributed by atoms with van der Waals surface area (Å²) in [5.74, 6) is 0.740. The highest BCUT2D eigenvalue weighted by molar-refractivity contribution is 14.1. The molecule has 2 amide bonds. The van der Waals surface area contributed by atoms with Gasteiger partial charge in [0.25, 0.3) is 0 Å². The first-order valence-electron chi connectivity index (χ1n) is 8.94. The third-order valence-electron chi connectivity index (χ3n) is 4.11. The van der Waals surface area contributed by atoms with Gasteiger partial charge >= 0.3 is 6.03 Å². The first-order chi connectivity index (χ1) is 14.4. The van der Waals surface area contributed by atoms with Crippen molar-refractivity contribution in [2.75, 3.05) is 5.32 Å². The quantitative estimate of drug-likeness (QED) is 0.204. The number of urea groups is 1. The van der Waals surface area contributed by atoms with Crippen molar-refractivity contribution in [2.45, 2.75) is 13.5 Å². The van der Waals surface area contributed by atoms with E-state index in [1.54, 1.807) is 18.3 Å². The van der Waals surface area contributed by atoms with Crippen LogP contribution in [0, 0.1) is 10.5 Å². The van der Waals surface area contributed by atoms with Crippen molar-refractivity contribution < 1.29 is 9.53 Å². The van der Waals surface area contributed by atoms with Crippen molar-refractivity contribution in [3.05, 3.63) is 91.0 Å². The minimum atomic E-state index is -0.406. The SMILES string of the molecule is Cc1ccccc1NC(=O)NN=Cc1ccc(OCc2ccc(Cl)c(Cl)c2)c(I)c1. The molecule has 30 heavy (non-hydrogen) atoms. The Balaban J connectivity index is 1.54. The van der Waals surface area contributed by atoms with Gasteiger partial charge in [-0.3, -0.25) is 0 Å². The van der Waals surface area contributed by atoms with Crippen molar-refractivity contribution in [3.63, 3.8) is 0 Å². The monoisotopic (exact) mass is 553 g/mol. The number of ether oxygens (including phenoxy) is 1. The maximum atomic E-state index is 12.0. The van der Waals surface area contributed by atoms with Crippen LogP contribution in [0.4, 0.5) is 10.5 Å². The molecule has 0 aliphatic rings. The first-order valence-corrected chi connectivity index (χ1v) is 10.8. The number of carbonyl (C=O) groups is 1. The molecule has 0 atom stereocenters. The molecule has 0 aliphatic carbocycles. The van der Waals surface area contributed by atoms with Crippen LogP contribution in [-0.2, 0) is 6.61 Å². The van der Waals surface area contributed by atoms with Crippen LogP contribution in [0.15, 0.2) is 65.8 Å². The van der Waals surface area contributed by atoms with Crippen LogP contribution in [-0.4, -0.2) is 12.2 Å². The van der Waals surface area contributed by atoms with E-state index in [2.05, 4.69) is 38.4 Å². The maximum absolute atomic E-state index is 12.0. The molecule has 0 fully saturated rings. The molecule has 3 aromatic rings. The number of carbonyl (C=O) groups excluding carboxylic acids is 1. The highest BCUT2D eigenvalue weighted by Crippen LogP contribution is 2.25. The molecule has 0 aromatic heterocycles. The van der Waals surface area contributed by atoms with Crippen LogP contribution in [0.5, 0.6) is 5.75 Å². The largest absolute Gasteiger partial charge is 0.488 e. The highest BCUT2D eigenvalue weighted by atomic mass is 127. The van der Waals surface area contributed by atoms with Gasteiger partial charge in [0.05, 0.1) is 19.8 Å². The van der Waals surface area contributed by atoms with Crippen molar-refractivity contribution in [3.8, 4) is 5.75 Å². The summed E-state index contributed by atoms with van der Waals surface area (Å²) in [6.45, 7) is 2.30. The second kappa shape index (κ2) is 10.7. The lowest BCUT2D eigenvalue weighted by atomic mass is 10.2. The topological polar surface area (TPSA) is 62.7 Å². The Kier molecular flexibility index (Phi) is 7.95. The number of para-hydroxylation sites is 1. The lowest BCUT2D eigenvalue weighted by molar-refractivity contribution is 0.252. The summed E-state index contributed by atoms with van der Waals surface area (Å²) in [6.07, 6.45) is 1.57. The number of halogens is 3. The fraction of sp³-hybridized carbons (Fsp3) is 0.0909. The van der Waals surface area contributed by atoms with E-state index in [4.69, 9.17) is 27.9 Å². The lowest BCUT2D eigenvalue weighted by Crippen LogP contribution is -2.24. The molecule has 5 nitrogen and oxygen atoms in total. The smallest absolute Gasteiger partial charge is 0.339 e. The van der Waals surface area contributed by atoms with E-state index in [1.165, 1.54) is 0 Å². The highest BCUT2D eigenvalue weighted by Gasteiger charge is 2.05. The van der Waals surface area contributed by atoms with Gasteiger partial charge < -0.3 is 10.1 Å². The molecule has 2 N–H and O–H groups in total. The molecule has 0 saturated carbocycles. The van der Waals surface area contributed by atoms with Crippen LogP contribution in [0.3, 0.4) is 0 Å². The molecule has 3 aromatic carbocycles. The van der Waals surface area contributed by atoms with Gasteiger partial charge in [0.2, 0.25) is 0 Å². The van der Waals surface area contributed by atoms with Gasteiger partial charge in [0.1, 0.15) is 12.4 Å². The molecular weight excluding hydrogens is 536 g/mol. The summed E-state index contributed by atoms with van der Waals surface area (Å²) in [7, 11) is 0. The van der Waals surface area contributed by atoms with E-state index in [0.717, 1.165) is 31.7 Å². The zero-order chi connectivity index (χ0) is 21.5. The molecule has 0 aliphatic heterocycles. The Morgan fingerprint density at radius 2 is 1.90 bits per heavy atom. The third kappa shape index (κ3) is 6.35. The maximum Gasteiger partial charge on any atom is 0.339 e. The number of aryl methyl sites for hydroxylation is 1. The molecular formula is C22H18Cl2IN3O2. The second-order valence-corrected chi connectivity index (χ2v) is 8.34. The van der Waals surface area contributed by atoms with E-state index in [-0.39, 0.29) is 0 Å². The number of hydrazone groups is 1. The Morgan fingerprint density at radius 3 is 2.63 bits per heavy atom. The fourth-order valence-electron chi connectivity index (χ4n) is 2.53. The van der Waals surface area contributed by atoms with Crippen LogP contribution in [0.2, 0.25) is 10.0 Å². The predicted molar refractivity (Wildman–Crippen MR) is 131 cm³/mol. The number of nitrogens with one attached hydrogen (secondary N) is 2. The molecule has 3 rings (SSSR count). The predicted octanol–water partition coefficient (Wildman–Crippen LogP) is 6.64. The van der Waals surface area contributed by atoms with Gasteiger partial charge in [0.15, 0.2) is 0 Å². The molecule has 0 unspecified atom stereocenters. The summed E-state index contributed by atoms with van der Waals surface area (Å²) < 4.78 is 6.78. The van der Waals surface area contributed by atoms with Crippen LogP contribution in [0.1, 0.15) is 16.7 Å². The molecule has 0 bridgehead atoms. The molecule has 0 saturated heterocycles. The molecule has 8 heteroatoms. The van der Waals surface area contributed by atoms with Crippen molar-refractivity contribution >= 4 is 63.7 Å². The average molecular weight is 554 g/mol. The summed E-state index contributed by atoms with van der Waals surface area (Å²) in [5, 5.41) is 7.76. The van der Waals surface area contributed by atoms with Gasteiger partial charge in [-0.1, -0.05) is 47.5 Å². The minimum absolute atomic E-state index is 0.376. The van der Waals surface area contributed by atoms with Gasteiger partial charge in [-0.25, -0.2) is 10.2 Å². The van der Waals surface area contributed by atoms with E-state index in [9.17, 15) is 4.79 Å². The lowest BCUT2D eigenvalue weighted by Gasteiger charge is -2.10. The number of anilines is 1. The zero-order valence-corrected chi connectivity index (χ0v) is 19.6. The number of nitrogens with zero attached hydrogens (tertiary/aromatic N) is 1. The zero-order valence-electron chi connectivity index (χ0n) is 16.0. The van der Waals surface area contributed by atoms with Crippen molar-refractivity contribution in [2.24, 2.45) is 5.10 Å². The third-order valence-corrected chi connectivity index (χ3v) is 5.69. The van der Waals surface area contributed by atoms with E-state index in [0.29, 0.717) is 16.7 Å². The Labute approximate surface area is 198 Å². The fourth-order valence-corrected chi connectivity index (χ4v) is 3.55. The normalized spacial score (nSPS) is 10.8. The number of hydrogen-bond acceptors (Lipinski definition) is 3. The molecule has 0 heterocycles. The number of rotatable bonds is 6. The minimum Gasteiger partial charge on any atom is -0.488 e. The van der Waals surface area contributed by atoms with Crippen molar-refractivity contribution in [1.82, 2.24) is 5.43 Å². The van der Waals surface area contributed by atoms with E-state index < -0.39 is 6.03 Å². The second-order valence-electron chi connectivity index (χ2n) is 6.37. The Hall–Kier alpha value is -2.29. The van der Waals surface area contributed by atoms with E-state index >= 15 is 0 Å². The summed E-state index contributed by atoms with van der Waals surface area (Å²) in [5.41, 5.74) is 5.93. The van der Waals surface area contributed by atoms with Crippen molar-refractivity contribution in [1.29, 1.82) is 0 Å². The van der Waals surface area contributed by atoms with Gasteiger partial charge in [-0.15, -0.1) is 0 Å². The Morgan fingerprint density at radius 1 is 1.10 bits per heavy atom. The van der Waals surface area contributed by atoms with Crippen LogP contribution >= 0.6 is 45.8 Å². The first kappa shape index (κ1) is 22.4. The van der Waals surface area contributed by atoms with E-state index in [1.807, 2.05) is 55.5 Å². The molecule has 0 radical (unpaired) electrons. The standard InChI is InChI=1S/C22H18Cl2IN3O2/c1-14-4-2-3-5-20(14)27-22(29)28-26-12-15-7-9-21(19(25)11-15)30-13-16-6-8-17(23)18(24)10-16/h2-12H,13H2,1H3,(H2,27,28,29). The van der Waals surface area contributed by atoms with Gasteiger partial charge in [-0.05, 0) is 82.6 Å². The summed E-state index contributed by atoms with van der Waals surface area (Å²) >= 11 is 14.2. The number of amides is 2. The van der Waals surface area contributed by atoms with Crippen LogP contribution < -0.4 is 15.5 Å². The molecule has 154 valence electrons. The van der Waals surface area contributed by atoms with Gasteiger partial charge in [0, 0.05) is 5.69 Å². The molecule has 0 spiro atoms. The summed E-state index contributed by atoms with van der Waals surface area (Å²) in [4.78, 5) is 12.0. The Bertz CT molecular complexity index is 1090.